The minimum absolute atomic E-state index is 0.201. The summed E-state index contributed by atoms with van der Waals surface area (Å²) in [7, 11) is 0. The van der Waals surface area contributed by atoms with Crippen molar-refractivity contribution in [3.63, 3.8) is 0 Å². The monoisotopic (exact) mass is 320 g/mol. The largest absolute Gasteiger partial charge is 0.385 e. The van der Waals surface area contributed by atoms with Crippen molar-refractivity contribution in [1.29, 1.82) is 0 Å². The molecule has 1 amide bonds. The molecule has 2 aromatic heterocycles. The van der Waals surface area contributed by atoms with Crippen LogP contribution in [-0.4, -0.2) is 22.2 Å². The Balaban J connectivity index is 1.89. The Hall–Kier alpha value is -1.66. The molecule has 0 aliphatic heterocycles. The van der Waals surface area contributed by atoms with Crippen LogP contribution in [0, 0.1) is 0 Å². The number of rotatable bonds is 4. The Morgan fingerprint density at radius 3 is 2.86 bits per heavy atom. The lowest BCUT2D eigenvalue weighted by atomic mass is 9.95. The van der Waals surface area contributed by atoms with Crippen LogP contribution >= 0.6 is 11.3 Å². The first-order valence-corrected chi connectivity index (χ1v) is 8.57. The van der Waals surface area contributed by atoms with Crippen molar-refractivity contribution in [2.75, 3.05) is 0 Å². The number of carbonyl (C=O) groups excluding carboxylic acids is 1. The Morgan fingerprint density at radius 1 is 1.45 bits per heavy atom. The molecule has 0 bridgehead atoms. The number of nitrogens with one attached hydrogen (secondary N) is 1. The van der Waals surface area contributed by atoms with Gasteiger partial charge in [-0.15, -0.1) is 11.3 Å². The highest BCUT2D eigenvalue weighted by molar-refractivity contribution is 7.13. The van der Waals surface area contributed by atoms with Gasteiger partial charge in [0.25, 0.3) is 5.91 Å². The molecule has 22 heavy (non-hydrogen) atoms. The van der Waals surface area contributed by atoms with Gasteiger partial charge in [-0.05, 0) is 31.2 Å². The van der Waals surface area contributed by atoms with Crippen molar-refractivity contribution in [2.45, 2.75) is 51.2 Å². The highest BCUT2D eigenvalue weighted by Crippen LogP contribution is 2.32. The molecular weight excluding hydrogens is 300 g/mol. The number of aromatic nitrogens is 1. The minimum Gasteiger partial charge on any atom is -0.385 e. The van der Waals surface area contributed by atoms with Gasteiger partial charge in [0.1, 0.15) is 17.4 Å². The van der Waals surface area contributed by atoms with E-state index in [1.807, 2.05) is 17.5 Å². The molecule has 1 fully saturated rings. The first kappa shape index (κ1) is 15.2. The summed E-state index contributed by atoms with van der Waals surface area (Å²) in [5.41, 5.74) is 0.877. The predicted molar refractivity (Wildman–Crippen MR) is 84.8 cm³/mol. The van der Waals surface area contributed by atoms with E-state index < -0.39 is 6.10 Å². The van der Waals surface area contributed by atoms with Gasteiger partial charge in [-0.3, -0.25) is 4.79 Å². The van der Waals surface area contributed by atoms with E-state index in [1.54, 1.807) is 6.92 Å². The number of thiophene rings is 1. The smallest absolute Gasteiger partial charge is 0.257 e. The molecule has 2 N–H and O–H groups in total. The second kappa shape index (κ2) is 6.62. The fraction of sp³-hybridized carbons (Fsp3) is 0.500. The molecule has 1 atom stereocenters. The van der Waals surface area contributed by atoms with E-state index in [2.05, 4.69) is 10.5 Å². The fourth-order valence-electron chi connectivity index (χ4n) is 2.89. The highest BCUT2D eigenvalue weighted by Gasteiger charge is 2.28. The summed E-state index contributed by atoms with van der Waals surface area (Å²) in [6, 6.07) is 4.00. The zero-order valence-corrected chi connectivity index (χ0v) is 13.4. The van der Waals surface area contributed by atoms with Gasteiger partial charge in [0.2, 0.25) is 0 Å². The van der Waals surface area contributed by atoms with Crippen molar-refractivity contribution in [2.24, 2.45) is 0 Å². The van der Waals surface area contributed by atoms with Gasteiger partial charge in [0.05, 0.1) is 4.88 Å². The fourth-order valence-corrected chi connectivity index (χ4v) is 3.61. The van der Waals surface area contributed by atoms with Crippen molar-refractivity contribution in [3.05, 3.63) is 28.8 Å². The van der Waals surface area contributed by atoms with Crippen LogP contribution in [-0.2, 0) is 0 Å². The second-order valence-electron chi connectivity index (χ2n) is 5.73. The summed E-state index contributed by atoms with van der Waals surface area (Å²) in [6.45, 7) is 1.58. The van der Waals surface area contributed by atoms with E-state index in [0.717, 1.165) is 30.6 Å². The van der Waals surface area contributed by atoms with E-state index >= 15 is 0 Å². The highest BCUT2D eigenvalue weighted by atomic mass is 32.1. The first-order chi connectivity index (χ1) is 10.7. The Kier molecular flexibility index (Phi) is 4.59. The molecule has 0 unspecified atom stereocenters. The molecule has 3 rings (SSSR count). The normalized spacial score (nSPS) is 17.4. The Bertz CT molecular complexity index is 628. The van der Waals surface area contributed by atoms with Gasteiger partial charge in [0.15, 0.2) is 5.76 Å². The average molecular weight is 320 g/mol. The molecule has 0 spiro atoms. The van der Waals surface area contributed by atoms with Gasteiger partial charge in [-0.25, -0.2) is 0 Å². The molecule has 5 nitrogen and oxygen atoms in total. The maximum Gasteiger partial charge on any atom is 0.257 e. The summed E-state index contributed by atoms with van der Waals surface area (Å²) in [5.74, 6) is 0.0316. The second-order valence-corrected chi connectivity index (χ2v) is 6.68. The van der Waals surface area contributed by atoms with E-state index in [1.165, 1.54) is 17.8 Å². The zero-order chi connectivity index (χ0) is 15.5. The van der Waals surface area contributed by atoms with Crippen LogP contribution in [0.2, 0.25) is 0 Å². The van der Waals surface area contributed by atoms with E-state index in [-0.39, 0.29) is 17.7 Å². The number of amides is 1. The van der Waals surface area contributed by atoms with Crippen LogP contribution in [0.15, 0.2) is 22.0 Å². The number of aliphatic hydroxyl groups is 1. The molecule has 118 valence electrons. The van der Waals surface area contributed by atoms with Crippen LogP contribution in [0.25, 0.3) is 10.6 Å². The third kappa shape index (κ3) is 3.08. The van der Waals surface area contributed by atoms with E-state index in [0.29, 0.717) is 11.3 Å². The molecule has 1 aliphatic rings. The molecular formula is C16H20N2O3S. The number of hydrogen-bond acceptors (Lipinski definition) is 5. The number of nitrogens with zero attached hydrogens (tertiary/aromatic N) is 1. The maximum atomic E-state index is 12.7. The molecule has 1 aliphatic carbocycles. The standard InChI is InChI=1S/C16H20N2O3S/c1-10(19)15-13(14(18-21-15)12-8-5-9-22-12)16(20)17-11-6-3-2-4-7-11/h5,8-11,19H,2-4,6-7H2,1H3,(H,17,20)/t10-/m0/s1. The topological polar surface area (TPSA) is 75.4 Å². The minimum atomic E-state index is -0.867. The van der Waals surface area contributed by atoms with Gasteiger partial charge >= 0.3 is 0 Å². The number of carbonyl (C=O) groups is 1. The summed E-state index contributed by atoms with van der Waals surface area (Å²) in [5, 5.41) is 18.9. The third-order valence-electron chi connectivity index (χ3n) is 4.02. The van der Waals surface area contributed by atoms with Crippen molar-refractivity contribution in [1.82, 2.24) is 10.5 Å². The molecule has 6 heteroatoms. The quantitative estimate of drug-likeness (QED) is 0.904. The van der Waals surface area contributed by atoms with Gasteiger partial charge in [-0.2, -0.15) is 0 Å². The van der Waals surface area contributed by atoms with Crippen LogP contribution in [0.3, 0.4) is 0 Å². The SMILES string of the molecule is C[C@H](O)c1onc(-c2cccs2)c1C(=O)NC1CCCCC1. The van der Waals surface area contributed by atoms with E-state index in [4.69, 9.17) is 4.52 Å². The average Bonchev–Trinajstić information content (AvgIpc) is 3.17. The lowest BCUT2D eigenvalue weighted by Gasteiger charge is -2.22. The van der Waals surface area contributed by atoms with Gasteiger partial charge in [-0.1, -0.05) is 30.5 Å². The van der Waals surface area contributed by atoms with Crippen molar-refractivity contribution in [3.8, 4) is 10.6 Å². The van der Waals surface area contributed by atoms with Crippen LogP contribution < -0.4 is 5.32 Å². The van der Waals surface area contributed by atoms with Crippen LogP contribution in [0.5, 0.6) is 0 Å². The molecule has 0 saturated heterocycles. The summed E-state index contributed by atoms with van der Waals surface area (Å²) < 4.78 is 5.24. The Labute approximate surface area is 133 Å². The lowest BCUT2D eigenvalue weighted by Crippen LogP contribution is -2.36. The lowest BCUT2D eigenvalue weighted by molar-refractivity contribution is 0.0915. The summed E-state index contributed by atoms with van der Waals surface area (Å²) in [6.07, 6.45) is 4.68. The van der Waals surface area contributed by atoms with Gasteiger partial charge in [0, 0.05) is 6.04 Å². The molecule has 0 radical (unpaired) electrons. The summed E-state index contributed by atoms with van der Waals surface area (Å²) >= 11 is 1.49. The maximum absolute atomic E-state index is 12.7. The van der Waals surface area contributed by atoms with Crippen LogP contribution in [0.4, 0.5) is 0 Å². The van der Waals surface area contributed by atoms with Crippen LogP contribution in [0.1, 0.15) is 61.3 Å². The predicted octanol–water partition coefficient (Wildman–Crippen LogP) is 3.52. The van der Waals surface area contributed by atoms with Gasteiger partial charge < -0.3 is 14.9 Å². The zero-order valence-electron chi connectivity index (χ0n) is 12.5. The number of aliphatic hydroxyl groups excluding tert-OH is 1. The van der Waals surface area contributed by atoms with E-state index in [9.17, 15) is 9.90 Å². The molecule has 2 heterocycles. The van der Waals surface area contributed by atoms with Crippen molar-refractivity contribution < 1.29 is 14.4 Å². The molecule has 1 saturated carbocycles. The number of hydrogen-bond donors (Lipinski definition) is 2. The summed E-state index contributed by atoms with van der Waals surface area (Å²) in [4.78, 5) is 13.6. The van der Waals surface area contributed by atoms with Crippen molar-refractivity contribution >= 4 is 17.2 Å². The first-order valence-electron chi connectivity index (χ1n) is 7.69. The molecule has 2 aromatic rings. The Morgan fingerprint density at radius 2 is 2.23 bits per heavy atom. The molecule has 0 aromatic carbocycles. The third-order valence-corrected chi connectivity index (χ3v) is 4.90.